The lowest BCUT2D eigenvalue weighted by molar-refractivity contribution is -0.129. The van der Waals surface area contributed by atoms with Crippen molar-refractivity contribution < 1.29 is 21.6 Å². The molecule has 5 aliphatic rings. The summed E-state index contributed by atoms with van der Waals surface area (Å²) < 4.78 is 67.2. The van der Waals surface area contributed by atoms with E-state index in [1.807, 2.05) is 25.1 Å². The molecule has 4 fully saturated rings. The van der Waals surface area contributed by atoms with Crippen molar-refractivity contribution in [1.29, 1.82) is 0 Å². The van der Waals surface area contributed by atoms with Crippen molar-refractivity contribution in [2.24, 2.45) is 11.3 Å². The number of aromatic nitrogens is 2. The number of halogens is 3. The Bertz CT molecular complexity index is 1190. The van der Waals surface area contributed by atoms with E-state index in [0.29, 0.717) is 16.8 Å². The first-order valence-electron chi connectivity index (χ1n) is 11.5. The molecule has 6 nitrogen and oxygen atoms in total. The van der Waals surface area contributed by atoms with Gasteiger partial charge >= 0.3 is 15.5 Å². The lowest BCUT2D eigenvalue weighted by atomic mass is 9.41. The van der Waals surface area contributed by atoms with Crippen LogP contribution in [0, 0.1) is 18.3 Å². The van der Waals surface area contributed by atoms with Crippen LogP contribution in [0.15, 0.2) is 24.4 Å². The molecule has 4 saturated carbocycles. The van der Waals surface area contributed by atoms with Crippen molar-refractivity contribution in [3.05, 3.63) is 47.0 Å². The monoisotopic (exact) mass is 480 g/mol. The number of nitrogens with one attached hydrogen (secondary N) is 1. The molecule has 1 aliphatic heterocycles. The van der Waals surface area contributed by atoms with Gasteiger partial charge in [-0.05, 0) is 73.5 Å². The molecule has 2 bridgehead atoms. The number of rotatable bonds is 5. The summed E-state index contributed by atoms with van der Waals surface area (Å²) in [6.45, 7) is 1.93. The SMILES string of the molecule is Cc1ncc(CN2c3cccc(C4CC4)c3CN(S(=O)(=O)C(F)(F)F)C[C@H]2C23CC(C2)C3)[nH]1. The minimum absolute atomic E-state index is 0.129. The number of H-pyrrole nitrogens is 1. The van der Waals surface area contributed by atoms with Crippen LogP contribution in [0.2, 0.25) is 0 Å². The summed E-state index contributed by atoms with van der Waals surface area (Å²) in [5.74, 6) is 1.68. The summed E-state index contributed by atoms with van der Waals surface area (Å²) in [6, 6.07) is 5.55. The smallest absolute Gasteiger partial charge is 0.361 e. The number of aromatic amines is 1. The van der Waals surface area contributed by atoms with Crippen LogP contribution in [-0.2, 0) is 23.1 Å². The van der Waals surface area contributed by atoms with Crippen LogP contribution in [0.5, 0.6) is 0 Å². The Hall–Kier alpha value is -2.07. The van der Waals surface area contributed by atoms with Crippen LogP contribution in [0.4, 0.5) is 18.9 Å². The predicted octanol–water partition coefficient (Wildman–Crippen LogP) is 4.44. The molecule has 1 aromatic carbocycles. The molecular weight excluding hydrogens is 453 g/mol. The Kier molecular flexibility index (Phi) is 4.54. The summed E-state index contributed by atoms with van der Waals surface area (Å²) in [6.07, 6.45) is 6.58. The first-order valence-corrected chi connectivity index (χ1v) is 13.0. The van der Waals surface area contributed by atoms with Gasteiger partial charge in [0.15, 0.2) is 0 Å². The molecular formula is C23H27F3N4O2S. The molecule has 4 aliphatic carbocycles. The van der Waals surface area contributed by atoms with E-state index in [-0.39, 0.29) is 30.5 Å². The second-order valence-electron chi connectivity index (χ2n) is 10.3. The molecule has 0 unspecified atom stereocenters. The van der Waals surface area contributed by atoms with Crippen molar-refractivity contribution in [3.8, 4) is 0 Å². The van der Waals surface area contributed by atoms with Gasteiger partial charge in [0, 0.05) is 24.8 Å². The van der Waals surface area contributed by atoms with E-state index in [2.05, 4.69) is 14.9 Å². The second-order valence-corrected chi connectivity index (χ2v) is 12.3. The molecule has 1 N–H and O–H groups in total. The fourth-order valence-electron chi connectivity index (χ4n) is 6.25. The van der Waals surface area contributed by atoms with Crippen LogP contribution in [0.1, 0.15) is 60.7 Å². The van der Waals surface area contributed by atoms with Crippen molar-refractivity contribution in [2.45, 2.75) is 69.6 Å². The number of imidazole rings is 1. The quantitative estimate of drug-likeness (QED) is 0.687. The minimum atomic E-state index is -5.45. The summed E-state index contributed by atoms with van der Waals surface area (Å²) in [5, 5.41) is 0. The third-order valence-electron chi connectivity index (χ3n) is 8.12. The minimum Gasteiger partial charge on any atom is -0.361 e. The van der Waals surface area contributed by atoms with Crippen LogP contribution >= 0.6 is 0 Å². The van der Waals surface area contributed by atoms with Gasteiger partial charge in [0.2, 0.25) is 0 Å². The van der Waals surface area contributed by atoms with E-state index in [9.17, 15) is 21.6 Å². The first-order chi connectivity index (χ1) is 15.6. The molecule has 1 aromatic heterocycles. The van der Waals surface area contributed by atoms with Crippen LogP contribution in [0.3, 0.4) is 0 Å². The normalized spacial score (nSPS) is 29.8. The summed E-state index contributed by atoms with van der Waals surface area (Å²) in [7, 11) is -5.45. The van der Waals surface area contributed by atoms with E-state index in [4.69, 9.17) is 0 Å². The molecule has 0 saturated heterocycles. The van der Waals surface area contributed by atoms with E-state index in [1.54, 1.807) is 6.20 Å². The second kappa shape index (κ2) is 6.97. The highest BCUT2D eigenvalue weighted by atomic mass is 32.2. The highest BCUT2D eigenvalue weighted by Crippen LogP contribution is 2.68. The number of aryl methyl sites for hydroxylation is 1. The van der Waals surface area contributed by atoms with Gasteiger partial charge in [-0.1, -0.05) is 12.1 Å². The number of benzene rings is 1. The maximum atomic E-state index is 13.7. The van der Waals surface area contributed by atoms with Gasteiger partial charge in [-0.15, -0.1) is 0 Å². The zero-order valence-electron chi connectivity index (χ0n) is 18.4. The Morgan fingerprint density at radius 3 is 2.48 bits per heavy atom. The largest absolute Gasteiger partial charge is 0.511 e. The number of nitrogens with zero attached hydrogens (tertiary/aromatic N) is 3. The van der Waals surface area contributed by atoms with Crippen molar-refractivity contribution in [3.63, 3.8) is 0 Å². The molecule has 2 heterocycles. The average molecular weight is 481 g/mol. The molecule has 1 atom stereocenters. The molecule has 33 heavy (non-hydrogen) atoms. The van der Waals surface area contributed by atoms with Crippen LogP contribution in [0.25, 0.3) is 0 Å². The highest BCUT2D eigenvalue weighted by molar-refractivity contribution is 7.89. The van der Waals surface area contributed by atoms with E-state index >= 15 is 0 Å². The van der Waals surface area contributed by atoms with Gasteiger partial charge in [-0.2, -0.15) is 17.5 Å². The molecule has 0 amide bonds. The Labute approximate surface area is 191 Å². The Morgan fingerprint density at radius 2 is 1.94 bits per heavy atom. The number of hydrogen-bond donors (Lipinski definition) is 1. The molecule has 0 radical (unpaired) electrons. The standard InChI is InChI=1S/C23H27F3N4O2S/c1-14-27-10-17(28-14)11-30-20-4-2-3-18(16-5-6-16)19(20)12-29(33(31,32)23(24,25)26)13-21(30)22-7-15(8-22)9-22/h2-4,10,15-16,21H,5-9,11-13H2,1H3,(H,27,28)/t15?,21-,22?/m0/s1. The van der Waals surface area contributed by atoms with Gasteiger partial charge in [0.05, 0.1) is 18.4 Å². The predicted molar refractivity (Wildman–Crippen MR) is 117 cm³/mol. The summed E-state index contributed by atoms with van der Waals surface area (Å²) in [5.41, 5.74) is -2.00. The van der Waals surface area contributed by atoms with Crippen molar-refractivity contribution in [1.82, 2.24) is 14.3 Å². The summed E-state index contributed by atoms with van der Waals surface area (Å²) in [4.78, 5) is 9.72. The van der Waals surface area contributed by atoms with E-state index in [0.717, 1.165) is 60.4 Å². The maximum Gasteiger partial charge on any atom is 0.511 e. The molecule has 10 heteroatoms. The van der Waals surface area contributed by atoms with Gasteiger partial charge < -0.3 is 9.88 Å². The third-order valence-corrected chi connectivity index (χ3v) is 9.67. The molecule has 0 spiro atoms. The average Bonchev–Trinajstić information content (AvgIpc) is 3.45. The van der Waals surface area contributed by atoms with Gasteiger partial charge in [-0.3, -0.25) is 0 Å². The Balaban J connectivity index is 1.50. The van der Waals surface area contributed by atoms with Crippen molar-refractivity contribution in [2.75, 3.05) is 11.4 Å². The van der Waals surface area contributed by atoms with E-state index < -0.39 is 15.5 Å². The topological polar surface area (TPSA) is 69.3 Å². The van der Waals surface area contributed by atoms with Crippen LogP contribution < -0.4 is 4.90 Å². The van der Waals surface area contributed by atoms with Gasteiger partial charge in [0.1, 0.15) is 5.82 Å². The van der Waals surface area contributed by atoms with Gasteiger partial charge in [-0.25, -0.2) is 13.4 Å². The fourth-order valence-corrected chi connectivity index (χ4v) is 7.18. The number of fused-ring (bicyclic) bond motifs is 1. The van der Waals surface area contributed by atoms with Gasteiger partial charge in [0.25, 0.3) is 0 Å². The highest BCUT2D eigenvalue weighted by Gasteiger charge is 2.63. The third kappa shape index (κ3) is 3.31. The van der Waals surface area contributed by atoms with E-state index in [1.165, 1.54) is 0 Å². The summed E-state index contributed by atoms with van der Waals surface area (Å²) >= 11 is 0. The fraction of sp³-hybridized carbons (Fsp3) is 0.609. The first kappa shape index (κ1) is 21.5. The van der Waals surface area contributed by atoms with Crippen molar-refractivity contribution >= 4 is 15.7 Å². The lowest BCUT2D eigenvalue weighted by Gasteiger charge is -2.67. The maximum absolute atomic E-state index is 13.7. The number of anilines is 1. The zero-order chi connectivity index (χ0) is 23.2. The number of sulfonamides is 1. The molecule has 2 aromatic rings. The number of hydrogen-bond acceptors (Lipinski definition) is 4. The Morgan fingerprint density at radius 1 is 1.21 bits per heavy atom. The van der Waals surface area contributed by atoms with Crippen LogP contribution in [-0.4, -0.2) is 40.8 Å². The molecule has 7 rings (SSSR count). The zero-order valence-corrected chi connectivity index (χ0v) is 19.2. The number of alkyl halides is 3. The lowest BCUT2D eigenvalue weighted by Crippen LogP contribution is -2.66. The molecule has 178 valence electrons.